The summed E-state index contributed by atoms with van der Waals surface area (Å²) in [6.45, 7) is 6.87. The van der Waals surface area contributed by atoms with Crippen LogP contribution in [0.2, 0.25) is 0 Å². The Labute approximate surface area is 152 Å². The highest BCUT2D eigenvalue weighted by Crippen LogP contribution is 2.61. The van der Waals surface area contributed by atoms with Crippen molar-refractivity contribution in [2.24, 2.45) is 5.41 Å². The van der Waals surface area contributed by atoms with E-state index in [1.54, 1.807) is 6.92 Å². The van der Waals surface area contributed by atoms with E-state index in [0.29, 0.717) is 12.0 Å². The maximum Gasteiger partial charge on any atom is 0.231 e. The number of ketones is 1. The fraction of sp³-hybridized carbons (Fsp3) is 0.550. The van der Waals surface area contributed by atoms with Crippen LogP contribution in [0.3, 0.4) is 0 Å². The molecule has 0 aliphatic heterocycles. The molecule has 0 radical (unpaired) electrons. The van der Waals surface area contributed by atoms with Gasteiger partial charge in [0.15, 0.2) is 17.3 Å². The normalized spacial score (nSPS) is 25.7. The van der Waals surface area contributed by atoms with Crippen LogP contribution in [0.4, 0.5) is 0 Å². The molecule has 6 nitrogen and oxygen atoms in total. The third-order valence-electron chi connectivity index (χ3n) is 6.16. The van der Waals surface area contributed by atoms with Crippen LogP contribution >= 0.6 is 0 Å². The van der Waals surface area contributed by atoms with Crippen LogP contribution in [-0.2, 0) is 5.41 Å². The molecule has 0 amide bonds. The second-order valence-electron chi connectivity index (χ2n) is 8.42. The third-order valence-corrected chi connectivity index (χ3v) is 6.16. The summed E-state index contributed by atoms with van der Waals surface area (Å²) >= 11 is 0. The predicted octanol–water partition coefficient (Wildman–Crippen LogP) is 3.38. The van der Waals surface area contributed by atoms with Gasteiger partial charge in [-0.05, 0) is 23.8 Å². The minimum Gasteiger partial charge on any atom is -0.507 e. The lowest BCUT2D eigenvalue weighted by Gasteiger charge is -2.49. The van der Waals surface area contributed by atoms with Crippen LogP contribution in [0.25, 0.3) is 0 Å². The van der Waals surface area contributed by atoms with E-state index in [9.17, 15) is 30.3 Å². The van der Waals surface area contributed by atoms with Gasteiger partial charge in [0.1, 0.15) is 5.75 Å². The van der Waals surface area contributed by atoms with Crippen molar-refractivity contribution in [3.8, 4) is 17.2 Å². The number of phenolic OH excluding ortho intramolecular Hbond substituents is 3. The maximum absolute atomic E-state index is 12.9. The van der Waals surface area contributed by atoms with E-state index >= 15 is 0 Å². The van der Waals surface area contributed by atoms with E-state index in [0.717, 1.165) is 12.8 Å². The zero-order chi connectivity index (χ0) is 19.6. The number of hydrogen-bond acceptors (Lipinski definition) is 6. The molecule has 5 N–H and O–H groups in total. The van der Waals surface area contributed by atoms with E-state index in [4.69, 9.17) is 0 Å². The standard InChI is InChI=1S/C20H26O6/c1-9(8-21)10-13(22)11-12(16(25)14(10)23)20(4)7-5-6-19(2,3)18(20)17(26)15(11)24/h9,21-23,25-26H,5-8H2,1-4H3/t9?,20-/m1/s1. The Morgan fingerprint density at radius 3 is 2.19 bits per heavy atom. The number of aliphatic hydroxyl groups is 2. The first-order valence-electron chi connectivity index (χ1n) is 8.90. The van der Waals surface area contributed by atoms with Crippen LogP contribution < -0.4 is 0 Å². The first-order chi connectivity index (χ1) is 12.0. The highest BCUT2D eigenvalue weighted by Gasteiger charge is 2.53. The fourth-order valence-corrected chi connectivity index (χ4v) is 4.99. The van der Waals surface area contributed by atoms with Crippen molar-refractivity contribution in [2.45, 2.75) is 58.3 Å². The molecule has 1 saturated carbocycles. The quantitative estimate of drug-likeness (QED) is 0.407. The summed E-state index contributed by atoms with van der Waals surface area (Å²) in [6, 6.07) is 0. The molecule has 26 heavy (non-hydrogen) atoms. The van der Waals surface area contributed by atoms with Gasteiger partial charge >= 0.3 is 0 Å². The molecule has 0 bridgehead atoms. The second-order valence-corrected chi connectivity index (χ2v) is 8.42. The Bertz CT molecular complexity index is 835. The van der Waals surface area contributed by atoms with E-state index < -0.39 is 45.5 Å². The van der Waals surface area contributed by atoms with Gasteiger partial charge in [-0.25, -0.2) is 0 Å². The van der Waals surface area contributed by atoms with Gasteiger partial charge in [0.05, 0.1) is 5.56 Å². The van der Waals surface area contributed by atoms with Gasteiger partial charge in [0, 0.05) is 29.1 Å². The van der Waals surface area contributed by atoms with Crippen molar-refractivity contribution in [1.82, 2.24) is 0 Å². The molecule has 0 heterocycles. The maximum atomic E-state index is 12.9. The lowest BCUT2D eigenvalue weighted by molar-refractivity contribution is 0.0934. The molecule has 0 saturated heterocycles. The molecule has 3 rings (SSSR count). The monoisotopic (exact) mass is 362 g/mol. The zero-order valence-electron chi connectivity index (χ0n) is 15.6. The fourth-order valence-electron chi connectivity index (χ4n) is 4.99. The summed E-state index contributed by atoms with van der Waals surface area (Å²) in [5.74, 6) is -3.33. The molecule has 6 heteroatoms. The Kier molecular flexibility index (Phi) is 4.03. The molecule has 2 aliphatic rings. The number of carbonyl (C=O) groups excluding carboxylic acids is 1. The average Bonchev–Trinajstić information content (AvgIpc) is 2.55. The van der Waals surface area contributed by atoms with E-state index in [1.165, 1.54) is 0 Å². The average molecular weight is 362 g/mol. The van der Waals surface area contributed by atoms with Crippen molar-refractivity contribution in [1.29, 1.82) is 0 Å². The van der Waals surface area contributed by atoms with Crippen LogP contribution in [0.1, 0.15) is 74.4 Å². The number of aliphatic hydroxyl groups excluding tert-OH is 2. The number of aromatic hydroxyl groups is 3. The molecule has 1 aromatic rings. The smallest absolute Gasteiger partial charge is 0.231 e. The largest absolute Gasteiger partial charge is 0.507 e. The van der Waals surface area contributed by atoms with Crippen molar-refractivity contribution >= 4 is 5.78 Å². The van der Waals surface area contributed by atoms with E-state index in [1.807, 2.05) is 20.8 Å². The van der Waals surface area contributed by atoms with Gasteiger partial charge in [-0.2, -0.15) is 0 Å². The topological polar surface area (TPSA) is 118 Å². The number of allylic oxidation sites excluding steroid dienone is 2. The van der Waals surface area contributed by atoms with Crippen LogP contribution in [-0.4, -0.2) is 37.9 Å². The minimum absolute atomic E-state index is 0.0907. The summed E-state index contributed by atoms with van der Waals surface area (Å²) in [6.07, 6.45) is 2.16. The van der Waals surface area contributed by atoms with Crippen molar-refractivity contribution in [3.05, 3.63) is 28.0 Å². The predicted molar refractivity (Wildman–Crippen MR) is 95.9 cm³/mol. The third kappa shape index (κ3) is 2.18. The minimum atomic E-state index is -0.880. The molecule has 1 fully saturated rings. The molecule has 1 aromatic carbocycles. The Hall–Kier alpha value is -2.21. The molecule has 0 aromatic heterocycles. The zero-order valence-corrected chi connectivity index (χ0v) is 15.6. The Morgan fingerprint density at radius 1 is 1.00 bits per heavy atom. The number of rotatable bonds is 2. The van der Waals surface area contributed by atoms with Crippen molar-refractivity contribution in [3.63, 3.8) is 0 Å². The number of phenols is 3. The number of fused-ring (bicyclic) bond motifs is 3. The summed E-state index contributed by atoms with van der Waals surface area (Å²) in [7, 11) is 0. The molecule has 1 unspecified atom stereocenters. The van der Waals surface area contributed by atoms with Gasteiger partial charge in [-0.3, -0.25) is 4.79 Å². The number of carbonyl (C=O) groups is 1. The van der Waals surface area contributed by atoms with Crippen LogP contribution in [0.15, 0.2) is 11.3 Å². The summed E-state index contributed by atoms with van der Waals surface area (Å²) in [5, 5.41) is 52.1. The molecule has 2 aliphatic carbocycles. The molecular weight excluding hydrogens is 336 g/mol. The Balaban J connectivity index is 2.44. The van der Waals surface area contributed by atoms with Gasteiger partial charge in [0.2, 0.25) is 5.78 Å². The van der Waals surface area contributed by atoms with Gasteiger partial charge in [-0.15, -0.1) is 0 Å². The van der Waals surface area contributed by atoms with Crippen LogP contribution in [0, 0.1) is 5.41 Å². The molecule has 142 valence electrons. The second kappa shape index (κ2) is 5.64. The van der Waals surface area contributed by atoms with Crippen LogP contribution in [0.5, 0.6) is 17.2 Å². The summed E-state index contributed by atoms with van der Waals surface area (Å²) in [4.78, 5) is 12.9. The van der Waals surface area contributed by atoms with Gasteiger partial charge < -0.3 is 25.5 Å². The molecule has 0 spiro atoms. The molecule has 2 atom stereocenters. The Morgan fingerprint density at radius 2 is 1.62 bits per heavy atom. The number of hydrogen-bond donors (Lipinski definition) is 5. The first-order valence-corrected chi connectivity index (χ1v) is 8.90. The van der Waals surface area contributed by atoms with Crippen molar-refractivity contribution in [2.75, 3.05) is 6.61 Å². The SMILES string of the molecule is CC(CO)c1c(O)c(O)c2c(c1O)C(=O)C(O)=C1C(C)(C)CCC[C@@]12C. The van der Waals surface area contributed by atoms with E-state index in [-0.39, 0.29) is 23.3 Å². The number of Topliss-reactive ketones (excluding diaryl/α,β-unsaturated/α-hetero) is 1. The van der Waals surface area contributed by atoms with Crippen molar-refractivity contribution < 1.29 is 30.3 Å². The summed E-state index contributed by atoms with van der Waals surface area (Å²) < 4.78 is 0. The highest BCUT2D eigenvalue weighted by molar-refractivity contribution is 6.13. The highest BCUT2D eigenvalue weighted by atomic mass is 16.3. The summed E-state index contributed by atoms with van der Waals surface area (Å²) in [5.41, 5.74) is -0.921. The van der Waals surface area contributed by atoms with Gasteiger partial charge in [-0.1, -0.05) is 34.1 Å². The first kappa shape index (κ1) is 18.6. The number of benzene rings is 1. The molecular formula is C20H26O6. The van der Waals surface area contributed by atoms with E-state index in [2.05, 4.69) is 0 Å². The van der Waals surface area contributed by atoms with Gasteiger partial charge in [0.25, 0.3) is 0 Å². The lowest BCUT2D eigenvalue weighted by Crippen LogP contribution is -2.43. The lowest BCUT2D eigenvalue weighted by atomic mass is 9.54.